The second kappa shape index (κ2) is 8.64. The van der Waals surface area contributed by atoms with Gasteiger partial charge in [0.25, 0.3) is 11.7 Å². The summed E-state index contributed by atoms with van der Waals surface area (Å²) in [6.45, 7) is 4.59. The summed E-state index contributed by atoms with van der Waals surface area (Å²) < 4.78 is 5.68. The maximum Gasteiger partial charge on any atom is 0.295 e. The molecular formula is C24H27NO4S. The number of carbonyl (C=O) groups excluding carboxylic acids is 2. The number of ether oxygens (including phenoxy) is 1. The van der Waals surface area contributed by atoms with Crippen LogP contribution in [0.5, 0.6) is 5.75 Å². The fourth-order valence-electron chi connectivity index (χ4n) is 4.44. The molecule has 4 rings (SSSR count). The average Bonchev–Trinajstić information content (AvgIpc) is 3.47. The molecule has 1 amide bonds. The van der Waals surface area contributed by atoms with E-state index in [0.717, 1.165) is 42.5 Å². The van der Waals surface area contributed by atoms with Crippen molar-refractivity contribution in [2.45, 2.75) is 58.0 Å². The summed E-state index contributed by atoms with van der Waals surface area (Å²) >= 11 is 1.53. The lowest BCUT2D eigenvalue weighted by Gasteiger charge is -2.30. The molecule has 2 fully saturated rings. The number of likely N-dealkylation sites (tertiary alicyclic amines) is 1. The van der Waals surface area contributed by atoms with Gasteiger partial charge < -0.3 is 14.7 Å². The third kappa shape index (κ3) is 3.65. The predicted molar refractivity (Wildman–Crippen MR) is 118 cm³/mol. The summed E-state index contributed by atoms with van der Waals surface area (Å²) in [7, 11) is 0. The Morgan fingerprint density at radius 3 is 2.67 bits per heavy atom. The minimum absolute atomic E-state index is 0.0393. The molecule has 1 unspecified atom stereocenters. The number of amides is 1. The molecule has 158 valence electrons. The van der Waals surface area contributed by atoms with Crippen LogP contribution in [0.1, 0.15) is 61.1 Å². The Hall–Kier alpha value is -2.60. The van der Waals surface area contributed by atoms with Crippen LogP contribution >= 0.6 is 11.3 Å². The zero-order valence-electron chi connectivity index (χ0n) is 17.4. The van der Waals surface area contributed by atoms with Crippen molar-refractivity contribution in [1.82, 2.24) is 4.90 Å². The number of ketones is 1. The van der Waals surface area contributed by atoms with E-state index in [9.17, 15) is 14.7 Å². The molecule has 6 heteroatoms. The number of hydrogen-bond acceptors (Lipinski definition) is 5. The van der Waals surface area contributed by atoms with E-state index < -0.39 is 17.7 Å². The predicted octanol–water partition coefficient (Wildman–Crippen LogP) is 5.21. The van der Waals surface area contributed by atoms with Gasteiger partial charge in [-0.05, 0) is 55.3 Å². The third-order valence-electron chi connectivity index (χ3n) is 5.93. The van der Waals surface area contributed by atoms with Gasteiger partial charge in [0, 0.05) is 16.5 Å². The number of benzene rings is 1. The third-order valence-corrected chi connectivity index (χ3v) is 7.00. The Balaban J connectivity index is 1.82. The fourth-order valence-corrected chi connectivity index (χ4v) is 5.47. The van der Waals surface area contributed by atoms with E-state index in [1.807, 2.05) is 31.4 Å². The van der Waals surface area contributed by atoms with Crippen LogP contribution in [-0.4, -0.2) is 34.3 Å². The molecule has 2 aromatic rings. The topological polar surface area (TPSA) is 66.8 Å². The number of thiophene rings is 1. The number of aryl methyl sites for hydroxylation is 1. The van der Waals surface area contributed by atoms with Crippen LogP contribution in [0.4, 0.5) is 0 Å². The Morgan fingerprint density at radius 2 is 2.00 bits per heavy atom. The molecule has 0 radical (unpaired) electrons. The van der Waals surface area contributed by atoms with Crippen LogP contribution < -0.4 is 4.74 Å². The molecule has 1 aliphatic heterocycles. The summed E-state index contributed by atoms with van der Waals surface area (Å²) in [6, 6.07) is 8.59. The summed E-state index contributed by atoms with van der Waals surface area (Å²) in [6.07, 6.45) is 4.78. The number of aliphatic hydroxyl groups excluding tert-OH is 1. The van der Waals surface area contributed by atoms with Gasteiger partial charge in [-0.25, -0.2) is 0 Å². The first-order chi connectivity index (χ1) is 14.5. The van der Waals surface area contributed by atoms with Crippen LogP contribution in [0, 0.1) is 6.92 Å². The number of rotatable bonds is 6. The van der Waals surface area contributed by atoms with E-state index in [1.165, 1.54) is 11.3 Å². The molecule has 1 aliphatic carbocycles. The maximum absolute atomic E-state index is 13.1. The van der Waals surface area contributed by atoms with Crippen molar-refractivity contribution in [3.63, 3.8) is 0 Å². The van der Waals surface area contributed by atoms with Crippen molar-refractivity contribution in [3.05, 3.63) is 57.3 Å². The molecule has 1 N–H and O–H groups in total. The van der Waals surface area contributed by atoms with E-state index >= 15 is 0 Å². The molecule has 5 nitrogen and oxygen atoms in total. The SMILES string of the molecule is CCCOc1cccc(/C(O)=C2/C(=O)C(=O)N(C3CCCC3)C2c2sccc2C)c1. The monoisotopic (exact) mass is 425 g/mol. The Bertz CT molecular complexity index is 987. The summed E-state index contributed by atoms with van der Waals surface area (Å²) in [4.78, 5) is 28.9. The Kier molecular flexibility index (Phi) is 5.95. The highest BCUT2D eigenvalue weighted by Crippen LogP contribution is 2.45. The highest BCUT2D eigenvalue weighted by molar-refractivity contribution is 7.10. The lowest BCUT2D eigenvalue weighted by molar-refractivity contribution is -0.141. The Labute approximate surface area is 181 Å². The number of carbonyl (C=O) groups is 2. The zero-order valence-corrected chi connectivity index (χ0v) is 18.2. The lowest BCUT2D eigenvalue weighted by atomic mass is 9.97. The molecule has 1 saturated carbocycles. The standard InChI is InChI=1S/C24H27NO4S/c1-3-12-29-18-10-6-7-16(14-18)21(26)19-20(23-15(2)11-13-30-23)25(24(28)22(19)27)17-8-4-5-9-17/h6-7,10-11,13-14,17,20,26H,3-5,8-9,12H2,1-2H3/b21-19-. The zero-order chi connectivity index (χ0) is 21.3. The van der Waals surface area contributed by atoms with Gasteiger partial charge >= 0.3 is 0 Å². The first kappa shape index (κ1) is 20.7. The molecule has 1 saturated heterocycles. The fraction of sp³-hybridized carbons (Fsp3) is 0.417. The van der Waals surface area contributed by atoms with Crippen molar-refractivity contribution in [1.29, 1.82) is 0 Å². The molecular weight excluding hydrogens is 398 g/mol. The van der Waals surface area contributed by atoms with Gasteiger partial charge in [0.1, 0.15) is 17.6 Å². The second-order valence-electron chi connectivity index (χ2n) is 7.99. The van der Waals surface area contributed by atoms with Crippen LogP contribution in [0.2, 0.25) is 0 Å². The molecule has 0 spiro atoms. The van der Waals surface area contributed by atoms with E-state index in [1.54, 1.807) is 23.1 Å². The average molecular weight is 426 g/mol. The minimum atomic E-state index is -0.600. The first-order valence-electron chi connectivity index (χ1n) is 10.6. The normalized spacial score (nSPS) is 21.5. The van der Waals surface area contributed by atoms with Crippen molar-refractivity contribution < 1.29 is 19.4 Å². The van der Waals surface area contributed by atoms with E-state index in [4.69, 9.17) is 4.74 Å². The van der Waals surface area contributed by atoms with Crippen molar-refractivity contribution in [3.8, 4) is 5.75 Å². The Morgan fingerprint density at radius 1 is 1.23 bits per heavy atom. The maximum atomic E-state index is 13.1. The largest absolute Gasteiger partial charge is 0.507 e. The molecule has 2 heterocycles. The van der Waals surface area contributed by atoms with Gasteiger partial charge in [-0.15, -0.1) is 11.3 Å². The van der Waals surface area contributed by atoms with Crippen LogP contribution in [-0.2, 0) is 9.59 Å². The molecule has 1 atom stereocenters. The second-order valence-corrected chi connectivity index (χ2v) is 8.94. The van der Waals surface area contributed by atoms with Crippen molar-refractivity contribution >= 4 is 28.8 Å². The summed E-state index contributed by atoms with van der Waals surface area (Å²) in [5.74, 6) is -0.597. The number of Topliss-reactive ketones (excluding diaryl/α,β-unsaturated/α-hetero) is 1. The van der Waals surface area contributed by atoms with E-state index in [2.05, 4.69) is 0 Å². The van der Waals surface area contributed by atoms with Crippen LogP contribution in [0.3, 0.4) is 0 Å². The number of nitrogens with zero attached hydrogens (tertiary/aromatic N) is 1. The van der Waals surface area contributed by atoms with E-state index in [0.29, 0.717) is 17.9 Å². The lowest BCUT2D eigenvalue weighted by Crippen LogP contribution is -2.37. The molecule has 1 aromatic carbocycles. The first-order valence-corrected chi connectivity index (χ1v) is 11.5. The minimum Gasteiger partial charge on any atom is -0.507 e. The van der Waals surface area contributed by atoms with Gasteiger partial charge in [-0.2, -0.15) is 0 Å². The highest BCUT2D eigenvalue weighted by atomic mass is 32.1. The van der Waals surface area contributed by atoms with Gasteiger partial charge in [0.05, 0.1) is 12.2 Å². The van der Waals surface area contributed by atoms with Crippen LogP contribution in [0.15, 0.2) is 41.3 Å². The highest BCUT2D eigenvalue weighted by Gasteiger charge is 2.50. The smallest absolute Gasteiger partial charge is 0.295 e. The molecule has 1 aromatic heterocycles. The van der Waals surface area contributed by atoms with Crippen molar-refractivity contribution in [2.24, 2.45) is 0 Å². The van der Waals surface area contributed by atoms with Gasteiger partial charge in [-0.3, -0.25) is 9.59 Å². The van der Waals surface area contributed by atoms with Gasteiger partial charge in [-0.1, -0.05) is 31.9 Å². The quantitative estimate of drug-likeness (QED) is 0.392. The van der Waals surface area contributed by atoms with Crippen LogP contribution in [0.25, 0.3) is 5.76 Å². The summed E-state index contributed by atoms with van der Waals surface area (Å²) in [5.41, 5.74) is 1.71. The van der Waals surface area contributed by atoms with E-state index in [-0.39, 0.29) is 17.4 Å². The van der Waals surface area contributed by atoms with Crippen molar-refractivity contribution in [2.75, 3.05) is 6.61 Å². The number of hydrogen-bond donors (Lipinski definition) is 1. The molecule has 30 heavy (non-hydrogen) atoms. The van der Waals surface area contributed by atoms with Gasteiger partial charge in [0.15, 0.2) is 0 Å². The van der Waals surface area contributed by atoms with Gasteiger partial charge in [0.2, 0.25) is 0 Å². The molecule has 0 bridgehead atoms. The number of aliphatic hydroxyl groups is 1. The molecule has 2 aliphatic rings. The summed E-state index contributed by atoms with van der Waals surface area (Å²) in [5, 5.41) is 13.2.